The van der Waals surface area contributed by atoms with Crippen molar-refractivity contribution in [3.63, 3.8) is 0 Å². The quantitative estimate of drug-likeness (QED) is 0.868. The molecule has 1 aromatic heterocycles. The van der Waals surface area contributed by atoms with Gasteiger partial charge in [0.25, 0.3) is 0 Å². The van der Waals surface area contributed by atoms with Crippen molar-refractivity contribution in [2.24, 2.45) is 0 Å². The number of aromatic nitrogens is 1. The van der Waals surface area contributed by atoms with Crippen LogP contribution in [0.3, 0.4) is 0 Å². The Balaban J connectivity index is 2.41. The van der Waals surface area contributed by atoms with E-state index in [4.69, 9.17) is 0 Å². The molecule has 2 rings (SSSR count). The number of hydrogen-bond donors (Lipinski definition) is 1. The summed E-state index contributed by atoms with van der Waals surface area (Å²) in [6, 6.07) is 10.8. The van der Waals surface area contributed by atoms with Gasteiger partial charge in [-0.25, -0.2) is 0 Å². The van der Waals surface area contributed by atoms with E-state index in [-0.39, 0.29) is 6.04 Å². The second kappa shape index (κ2) is 7.00. The van der Waals surface area contributed by atoms with E-state index in [0.717, 1.165) is 23.1 Å². The molecule has 0 fully saturated rings. The fourth-order valence-electron chi connectivity index (χ4n) is 2.31. The fourth-order valence-corrected chi connectivity index (χ4v) is 2.54. The van der Waals surface area contributed by atoms with Crippen molar-refractivity contribution in [3.05, 3.63) is 63.4 Å². The summed E-state index contributed by atoms with van der Waals surface area (Å²) in [5, 5.41) is 3.61. The first-order valence-electron chi connectivity index (χ1n) is 7.04. The molecule has 2 aromatic rings. The van der Waals surface area contributed by atoms with Gasteiger partial charge >= 0.3 is 0 Å². The van der Waals surface area contributed by atoms with Crippen LogP contribution in [-0.2, 0) is 0 Å². The molecule has 0 saturated heterocycles. The zero-order chi connectivity index (χ0) is 14.5. The lowest BCUT2D eigenvalue weighted by Gasteiger charge is -2.21. The maximum absolute atomic E-state index is 4.57. The van der Waals surface area contributed by atoms with Gasteiger partial charge < -0.3 is 5.32 Å². The van der Waals surface area contributed by atoms with Crippen molar-refractivity contribution in [1.29, 1.82) is 0 Å². The van der Waals surface area contributed by atoms with Crippen LogP contribution in [0.5, 0.6) is 0 Å². The van der Waals surface area contributed by atoms with Crippen LogP contribution in [0.15, 0.2) is 41.0 Å². The predicted molar refractivity (Wildman–Crippen MR) is 88.0 cm³/mol. The van der Waals surface area contributed by atoms with E-state index in [2.05, 4.69) is 71.3 Å². The maximum atomic E-state index is 4.57. The minimum absolute atomic E-state index is 0.156. The topological polar surface area (TPSA) is 24.9 Å². The minimum atomic E-state index is 0.156. The molecule has 1 atom stereocenters. The second-order valence-electron chi connectivity index (χ2n) is 5.08. The third kappa shape index (κ3) is 3.47. The van der Waals surface area contributed by atoms with E-state index in [0.29, 0.717) is 0 Å². The van der Waals surface area contributed by atoms with Gasteiger partial charge in [0.05, 0.1) is 11.7 Å². The molecule has 1 heterocycles. The van der Waals surface area contributed by atoms with Crippen molar-refractivity contribution in [2.75, 3.05) is 6.54 Å². The highest BCUT2D eigenvalue weighted by atomic mass is 79.9. The summed E-state index contributed by atoms with van der Waals surface area (Å²) in [5.74, 6) is 0. The number of hydrogen-bond acceptors (Lipinski definition) is 2. The van der Waals surface area contributed by atoms with Crippen LogP contribution < -0.4 is 5.32 Å². The van der Waals surface area contributed by atoms with Gasteiger partial charge in [-0.3, -0.25) is 4.98 Å². The number of nitrogens with one attached hydrogen (secondary N) is 1. The van der Waals surface area contributed by atoms with E-state index < -0.39 is 0 Å². The van der Waals surface area contributed by atoms with Crippen LogP contribution in [0, 0.1) is 13.8 Å². The van der Waals surface area contributed by atoms with Crippen LogP contribution in [0.2, 0.25) is 0 Å². The van der Waals surface area contributed by atoms with Gasteiger partial charge in [-0.1, -0.05) is 25.1 Å². The Morgan fingerprint density at radius 1 is 1.20 bits per heavy atom. The average Bonchev–Trinajstić information content (AvgIpc) is 2.45. The summed E-state index contributed by atoms with van der Waals surface area (Å²) >= 11 is 3.45. The van der Waals surface area contributed by atoms with Crippen molar-refractivity contribution in [2.45, 2.75) is 33.2 Å². The first-order valence-corrected chi connectivity index (χ1v) is 7.83. The minimum Gasteiger partial charge on any atom is -0.305 e. The second-order valence-corrected chi connectivity index (χ2v) is 5.99. The van der Waals surface area contributed by atoms with E-state index in [1.54, 1.807) is 0 Å². The maximum Gasteiger partial charge on any atom is 0.0754 e. The van der Waals surface area contributed by atoms with E-state index in [9.17, 15) is 0 Å². The van der Waals surface area contributed by atoms with Gasteiger partial charge in [0.1, 0.15) is 0 Å². The monoisotopic (exact) mass is 332 g/mol. The molecule has 20 heavy (non-hydrogen) atoms. The summed E-state index contributed by atoms with van der Waals surface area (Å²) in [6.07, 6.45) is 2.97. The zero-order valence-corrected chi connectivity index (χ0v) is 13.9. The first-order chi connectivity index (χ1) is 9.63. The zero-order valence-electron chi connectivity index (χ0n) is 12.3. The van der Waals surface area contributed by atoms with Crippen molar-refractivity contribution >= 4 is 15.9 Å². The molecule has 0 saturated carbocycles. The number of rotatable bonds is 5. The van der Waals surface area contributed by atoms with E-state index >= 15 is 0 Å². The summed E-state index contributed by atoms with van der Waals surface area (Å²) < 4.78 is 1.01. The average molecular weight is 333 g/mol. The van der Waals surface area contributed by atoms with Crippen molar-refractivity contribution < 1.29 is 0 Å². The molecule has 1 N–H and O–H groups in total. The number of halogens is 1. The summed E-state index contributed by atoms with van der Waals surface area (Å²) in [7, 11) is 0. The third-order valence-electron chi connectivity index (χ3n) is 3.60. The molecular formula is C17H21BrN2. The van der Waals surface area contributed by atoms with Crippen LogP contribution >= 0.6 is 15.9 Å². The molecule has 3 heteroatoms. The normalized spacial score (nSPS) is 12.4. The number of pyridine rings is 1. The van der Waals surface area contributed by atoms with E-state index in [1.807, 2.05) is 12.3 Å². The molecule has 106 valence electrons. The van der Waals surface area contributed by atoms with Crippen LogP contribution in [-0.4, -0.2) is 11.5 Å². The standard InChI is InChI=1S/C17H21BrN2/c1-4-10-19-17(16-9-8-14(18)11-20-16)15-7-5-6-12(2)13(15)3/h5-9,11,17,19H,4,10H2,1-3H3. The lowest BCUT2D eigenvalue weighted by atomic mass is 9.95. The SMILES string of the molecule is CCCNC(c1ccc(Br)cn1)c1cccc(C)c1C. The molecule has 1 aromatic carbocycles. The van der Waals surface area contributed by atoms with Gasteiger partial charge in [0, 0.05) is 10.7 Å². The predicted octanol–water partition coefficient (Wildman–Crippen LogP) is 4.55. The summed E-state index contributed by atoms with van der Waals surface area (Å²) in [5.41, 5.74) is 5.04. The third-order valence-corrected chi connectivity index (χ3v) is 4.07. The van der Waals surface area contributed by atoms with E-state index in [1.165, 1.54) is 16.7 Å². The number of aryl methyl sites for hydroxylation is 1. The molecule has 2 nitrogen and oxygen atoms in total. The highest BCUT2D eigenvalue weighted by molar-refractivity contribution is 9.10. The van der Waals surface area contributed by atoms with Crippen LogP contribution in [0.4, 0.5) is 0 Å². The van der Waals surface area contributed by atoms with Crippen LogP contribution in [0.1, 0.15) is 41.8 Å². The first kappa shape index (κ1) is 15.2. The fraction of sp³-hybridized carbons (Fsp3) is 0.353. The Bertz CT molecular complexity index is 564. The molecular weight excluding hydrogens is 312 g/mol. The van der Waals surface area contributed by atoms with Crippen LogP contribution in [0.25, 0.3) is 0 Å². The lowest BCUT2D eigenvalue weighted by molar-refractivity contribution is 0.584. The summed E-state index contributed by atoms with van der Waals surface area (Å²) in [6.45, 7) is 7.51. The Kier molecular flexibility index (Phi) is 5.32. The number of benzene rings is 1. The highest BCUT2D eigenvalue weighted by Crippen LogP contribution is 2.26. The molecule has 0 amide bonds. The summed E-state index contributed by atoms with van der Waals surface area (Å²) in [4.78, 5) is 4.57. The molecule has 0 spiro atoms. The van der Waals surface area contributed by atoms with Gasteiger partial charge in [0.15, 0.2) is 0 Å². The van der Waals surface area contributed by atoms with Gasteiger partial charge in [-0.2, -0.15) is 0 Å². The molecule has 0 bridgehead atoms. The van der Waals surface area contributed by atoms with Gasteiger partial charge in [0.2, 0.25) is 0 Å². The molecule has 1 unspecified atom stereocenters. The van der Waals surface area contributed by atoms with Crippen molar-refractivity contribution in [1.82, 2.24) is 10.3 Å². The van der Waals surface area contributed by atoms with Crippen molar-refractivity contribution in [3.8, 4) is 0 Å². The Morgan fingerprint density at radius 3 is 2.65 bits per heavy atom. The smallest absolute Gasteiger partial charge is 0.0754 e. The molecule has 0 aliphatic rings. The number of nitrogens with zero attached hydrogens (tertiary/aromatic N) is 1. The van der Waals surface area contributed by atoms with Gasteiger partial charge in [-0.15, -0.1) is 0 Å². The Morgan fingerprint density at radius 2 is 2.00 bits per heavy atom. The Hall–Kier alpha value is -1.19. The molecule has 0 aliphatic heterocycles. The lowest BCUT2D eigenvalue weighted by Crippen LogP contribution is -2.25. The highest BCUT2D eigenvalue weighted by Gasteiger charge is 2.17. The molecule has 0 radical (unpaired) electrons. The molecule has 0 aliphatic carbocycles. The van der Waals surface area contributed by atoms with Gasteiger partial charge in [-0.05, 0) is 71.6 Å². The Labute approximate surface area is 129 Å². The largest absolute Gasteiger partial charge is 0.305 e.